The molecule has 1 heterocycles. The molecule has 1 unspecified atom stereocenters. The van der Waals surface area contributed by atoms with E-state index in [0.717, 1.165) is 11.1 Å². The second kappa shape index (κ2) is 11.5. The fourth-order valence-electron chi connectivity index (χ4n) is 3.57. The Kier molecular flexibility index (Phi) is 9.28. The first-order chi connectivity index (χ1) is 14.7. The predicted octanol–water partition coefficient (Wildman–Crippen LogP) is 3.44. The molecular formula is C23H35N3O4S. The molecule has 1 saturated heterocycles. The Labute approximate surface area is 185 Å². The molecule has 0 aliphatic carbocycles. The van der Waals surface area contributed by atoms with E-state index in [2.05, 4.69) is 10.0 Å². The highest BCUT2D eigenvalue weighted by molar-refractivity contribution is 7.89. The van der Waals surface area contributed by atoms with Gasteiger partial charge < -0.3 is 15.3 Å². The number of hydrogen-bond donors (Lipinski definition) is 3. The van der Waals surface area contributed by atoms with Crippen LogP contribution in [0, 0.1) is 5.92 Å². The number of nitrogens with zero attached hydrogens (tertiary/aromatic N) is 1. The van der Waals surface area contributed by atoms with Crippen LogP contribution in [0.15, 0.2) is 41.3 Å². The highest BCUT2D eigenvalue weighted by atomic mass is 32.2. The summed E-state index contributed by atoms with van der Waals surface area (Å²) < 4.78 is 28.1. The summed E-state index contributed by atoms with van der Waals surface area (Å²) in [7, 11) is -0.205. The molecule has 0 aromatic heterocycles. The van der Waals surface area contributed by atoms with E-state index in [9.17, 15) is 18.3 Å². The van der Waals surface area contributed by atoms with Crippen LogP contribution in [0.2, 0.25) is 0 Å². The van der Waals surface area contributed by atoms with E-state index in [1.165, 1.54) is 38.4 Å². The van der Waals surface area contributed by atoms with Crippen molar-refractivity contribution in [1.82, 2.24) is 10.0 Å². The van der Waals surface area contributed by atoms with Crippen LogP contribution in [0.4, 0.5) is 5.69 Å². The first-order valence-corrected chi connectivity index (χ1v) is 12.3. The topological polar surface area (TPSA) is 98.7 Å². The van der Waals surface area contributed by atoms with Crippen molar-refractivity contribution in [2.75, 3.05) is 32.1 Å². The first-order valence-electron chi connectivity index (χ1n) is 10.8. The predicted molar refractivity (Wildman–Crippen MR) is 126 cm³/mol. The van der Waals surface area contributed by atoms with Crippen LogP contribution in [0.3, 0.4) is 0 Å². The zero-order chi connectivity index (χ0) is 23.0. The SMILES string of the molecule is C1CCNCC1.CCC(C)[C@H](NS(=O)(=O)c1cccc2c(N(C)C)cccc12)C(=O)O. The molecular weight excluding hydrogens is 414 g/mol. The molecule has 1 aliphatic heterocycles. The molecule has 3 N–H and O–H groups in total. The number of carboxylic acids is 1. The van der Waals surface area contributed by atoms with Crippen molar-refractivity contribution in [2.45, 2.75) is 50.5 Å². The second-order valence-corrected chi connectivity index (χ2v) is 9.84. The fraction of sp³-hybridized carbons (Fsp3) is 0.522. The van der Waals surface area contributed by atoms with Gasteiger partial charge in [0.25, 0.3) is 0 Å². The van der Waals surface area contributed by atoms with E-state index < -0.39 is 22.0 Å². The molecule has 3 rings (SSSR count). The van der Waals surface area contributed by atoms with Crippen LogP contribution in [-0.2, 0) is 14.8 Å². The van der Waals surface area contributed by atoms with Gasteiger partial charge in [-0.2, -0.15) is 4.72 Å². The van der Waals surface area contributed by atoms with Crippen molar-refractivity contribution in [2.24, 2.45) is 5.92 Å². The lowest BCUT2D eigenvalue weighted by molar-refractivity contribution is -0.140. The smallest absolute Gasteiger partial charge is 0.322 e. The molecule has 1 fully saturated rings. The molecule has 0 bridgehead atoms. The Bertz CT molecular complexity index is 960. The molecule has 8 heteroatoms. The average Bonchev–Trinajstić information content (AvgIpc) is 2.77. The minimum atomic E-state index is -3.98. The third-order valence-electron chi connectivity index (χ3n) is 5.60. The molecule has 0 spiro atoms. The largest absolute Gasteiger partial charge is 0.480 e. The summed E-state index contributed by atoms with van der Waals surface area (Å²) >= 11 is 0. The Morgan fingerprint density at radius 1 is 1.10 bits per heavy atom. The van der Waals surface area contributed by atoms with Gasteiger partial charge in [0.1, 0.15) is 6.04 Å². The molecule has 1 aliphatic rings. The Hall–Kier alpha value is -2.16. The highest BCUT2D eigenvalue weighted by Crippen LogP contribution is 2.30. The van der Waals surface area contributed by atoms with Crippen molar-refractivity contribution in [3.05, 3.63) is 36.4 Å². The molecule has 0 amide bonds. The quantitative estimate of drug-likeness (QED) is 0.599. The number of hydrogen-bond acceptors (Lipinski definition) is 5. The summed E-state index contributed by atoms with van der Waals surface area (Å²) in [5.41, 5.74) is 0.895. The maximum atomic E-state index is 12.9. The number of benzene rings is 2. The van der Waals surface area contributed by atoms with E-state index in [1.54, 1.807) is 25.1 Å². The molecule has 7 nitrogen and oxygen atoms in total. The van der Waals surface area contributed by atoms with Crippen molar-refractivity contribution in [1.29, 1.82) is 0 Å². The third kappa shape index (κ3) is 6.66. The molecule has 2 aromatic carbocycles. The van der Waals surface area contributed by atoms with Gasteiger partial charge in [0.15, 0.2) is 0 Å². The van der Waals surface area contributed by atoms with Crippen molar-refractivity contribution in [3.63, 3.8) is 0 Å². The molecule has 2 aromatic rings. The van der Waals surface area contributed by atoms with Gasteiger partial charge in [-0.25, -0.2) is 8.42 Å². The minimum absolute atomic E-state index is 0.0863. The number of carbonyl (C=O) groups is 1. The molecule has 0 saturated carbocycles. The Balaban J connectivity index is 0.000000488. The highest BCUT2D eigenvalue weighted by Gasteiger charge is 2.30. The van der Waals surface area contributed by atoms with E-state index >= 15 is 0 Å². The number of fused-ring (bicyclic) bond motifs is 1. The lowest BCUT2D eigenvalue weighted by Gasteiger charge is -2.21. The van der Waals surface area contributed by atoms with E-state index in [4.69, 9.17) is 0 Å². The van der Waals surface area contributed by atoms with Gasteiger partial charge in [-0.1, -0.05) is 51.0 Å². The van der Waals surface area contributed by atoms with E-state index in [0.29, 0.717) is 11.8 Å². The fourth-order valence-corrected chi connectivity index (χ4v) is 5.09. The van der Waals surface area contributed by atoms with Gasteiger partial charge in [-0.15, -0.1) is 0 Å². The number of anilines is 1. The normalized spacial score (nSPS) is 16.1. The number of piperidine rings is 1. The lowest BCUT2D eigenvalue weighted by Crippen LogP contribution is -2.44. The van der Waals surface area contributed by atoms with Gasteiger partial charge >= 0.3 is 5.97 Å². The summed E-state index contributed by atoms with van der Waals surface area (Å²) in [6.07, 6.45) is 4.77. The second-order valence-electron chi connectivity index (χ2n) is 8.16. The van der Waals surface area contributed by atoms with Gasteiger partial charge in [-0.05, 0) is 44.0 Å². The summed E-state index contributed by atoms with van der Waals surface area (Å²) in [6, 6.07) is 9.29. The third-order valence-corrected chi connectivity index (χ3v) is 7.10. The van der Waals surface area contributed by atoms with E-state index in [-0.39, 0.29) is 10.8 Å². The Morgan fingerprint density at radius 3 is 2.19 bits per heavy atom. The van der Waals surface area contributed by atoms with Crippen molar-refractivity contribution in [3.8, 4) is 0 Å². The maximum Gasteiger partial charge on any atom is 0.322 e. The van der Waals surface area contributed by atoms with Crippen LogP contribution in [0.5, 0.6) is 0 Å². The lowest BCUT2D eigenvalue weighted by atomic mass is 10.0. The number of aliphatic carboxylic acids is 1. The van der Waals surface area contributed by atoms with Gasteiger partial charge in [0, 0.05) is 30.6 Å². The van der Waals surface area contributed by atoms with Crippen LogP contribution in [0.1, 0.15) is 39.5 Å². The Morgan fingerprint density at radius 2 is 1.71 bits per heavy atom. The zero-order valence-corrected chi connectivity index (χ0v) is 19.7. The molecule has 31 heavy (non-hydrogen) atoms. The van der Waals surface area contributed by atoms with Crippen LogP contribution in [-0.4, -0.2) is 52.7 Å². The van der Waals surface area contributed by atoms with E-state index in [1.807, 2.05) is 38.1 Å². The molecule has 2 atom stereocenters. The van der Waals surface area contributed by atoms with Crippen molar-refractivity contribution >= 4 is 32.5 Å². The monoisotopic (exact) mass is 449 g/mol. The number of rotatable bonds is 7. The van der Waals surface area contributed by atoms with Gasteiger partial charge in [-0.3, -0.25) is 4.79 Å². The molecule has 172 valence electrons. The summed E-state index contributed by atoms with van der Waals surface area (Å²) in [5.74, 6) is -1.49. The molecule has 0 radical (unpaired) electrons. The summed E-state index contributed by atoms with van der Waals surface area (Å²) in [4.78, 5) is 13.5. The van der Waals surface area contributed by atoms with Gasteiger partial charge in [0.05, 0.1) is 4.90 Å². The zero-order valence-electron chi connectivity index (χ0n) is 18.9. The van der Waals surface area contributed by atoms with Crippen molar-refractivity contribution < 1.29 is 18.3 Å². The maximum absolute atomic E-state index is 12.9. The summed E-state index contributed by atoms with van der Waals surface area (Å²) in [6.45, 7) is 6.05. The van der Waals surface area contributed by atoms with Gasteiger partial charge in [0.2, 0.25) is 10.0 Å². The number of sulfonamides is 1. The summed E-state index contributed by atoms with van der Waals surface area (Å²) in [5, 5.41) is 14.0. The number of nitrogens with one attached hydrogen (secondary N) is 2. The number of carboxylic acid groups (broad SMARTS) is 1. The van der Waals surface area contributed by atoms with Crippen LogP contribution >= 0.6 is 0 Å². The van der Waals surface area contributed by atoms with Crippen LogP contribution in [0.25, 0.3) is 10.8 Å². The standard InChI is InChI=1S/C18H24N2O4S.C5H11N/c1-5-12(2)17(18(21)22)19-25(23,24)16-11-7-8-13-14(16)9-6-10-15(13)20(3)4;1-2-4-6-5-3-1/h6-12,17,19H,5H2,1-4H3,(H,21,22);6H,1-5H2/t12?,17-;/m0./s1. The van der Waals surface area contributed by atoms with Crippen LogP contribution < -0.4 is 14.9 Å². The minimum Gasteiger partial charge on any atom is -0.480 e. The average molecular weight is 450 g/mol. The first kappa shape index (κ1) is 25.1.